The van der Waals surface area contributed by atoms with Gasteiger partial charge in [-0.05, 0) is 30.7 Å². The number of hydrogen-bond acceptors (Lipinski definition) is 3. The van der Waals surface area contributed by atoms with Crippen molar-refractivity contribution in [3.8, 4) is 17.2 Å². The number of ether oxygens (including phenoxy) is 2. The molecule has 0 aliphatic carbocycles. The fourth-order valence-corrected chi connectivity index (χ4v) is 1.67. The Kier molecular flexibility index (Phi) is 5.00. The Morgan fingerprint density at radius 1 is 0.950 bits per heavy atom. The maximum absolute atomic E-state index is 10.4. The summed E-state index contributed by atoms with van der Waals surface area (Å²) in [6.45, 7) is 0.349. The van der Waals surface area contributed by atoms with E-state index in [0.29, 0.717) is 24.5 Å². The van der Waals surface area contributed by atoms with E-state index < -0.39 is 5.97 Å². The summed E-state index contributed by atoms with van der Waals surface area (Å²) in [7, 11) is 0. The topological polar surface area (TPSA) is 55.8 Å². The second-order valence-electron chi connectivity index (χ2n) is 4.21. The van der Waals surface area contributed by atoms with Crippen LogP contribution in [0.4, 0.5) is 0 Å². The van der Waals surface area contributed by atoms with Crippen LogP contribution in [-0.2, 0) is 4.79 Å². The number of carbonyl (C=O) groups is 1. The molecule has 0 amide bonds. The first kappa shape index (κ1) is 13.9. The minimum atomic E-state index is -0.817. The number of aliphatic carboxylic acids is 1. The number of carboxylic acid groups (broad SMARTS) is 1. The summed E-state index contributed by atoms with van der Waals surface area (Å²) in [5, 5.41) is 8.58. The summed E-state index contributed by atoms with van der Waals surface area (Å²) in [6.07, 6.45) is 0.566. The van der Waals surface area contributed by atoms with Crippen LogP contribution in [0.5, 0.6) is 17.2 Å². The third kappa shape index (κ3) is 4.31. The maximum Gasteiger partial charge on any atom is 0.303 e. The molecule has 2 aromatic rings. The van der Waals surface area contributed by atoms with Gasteiger partial charge in [0.1, 0.15) is 5.75 Å². The van der Waals surface area contributed by atoms with Crippen LogP contribution in [-0.4, -0.2) is 17.7 Å². The Bertz CT molecular complexity index is 551. The SMILES string of the molecule is O=C(O)CCCOc1ccccc1Oc1ccccc1. The first-order chi connectivity index (χ1) is 9.75. The molecule has 0 aliphatic heterocycles. The highest BCUT2D eigenvalue weighted by Gasteiger charge is 2.05. The van der Waals surface area contributed by atoms with Crippen LogP contribution < -0.4 is 9.47 Å². The molecule has 20 heavy (non-hydrogen) atoms. The number of benzene rings is 2. The summed E-state index contributed by atoms with van der Waals surface area (Å²) in [4.78, 5) is 10.4. The summed E-state index contributed by atoms with van der Waals surface area (Å²) >= 11 is 0. The molecule has 4 nitrogen and oxygen atoms in total. The van der Waals surface area contributed by atoms with Crippen LogP contribution in [0, 0.1) is 0 Å². The smallest absolute Gasteiger partial charge is 0.303 e. The molecule has 0 unspecified atom stereocenters. The molecular formula is C16H16O4. The van der Waals surface area contributed by atoms with Crippen LogP contribution in [0.15, 0.2) is 54.6 Å². The van der Waals surface area contributed by atoms with Crippen molar-refractivity contribution in [1.82, 2.24) is 0 Å². The molecular weight excluding hydrogens is 256 g/mol. The Hall–Kier alpha value is -2.49. The van der Waals surface area contributed by atoms with Gasteiger partial charge < -0.3 is 14.6 Å². The molecule has 4 heteroatoms. The molecule has 2 aromatic carbocycles. The van der Waals surface area contributed by atoms with Gasteiger partial charge in [0.15, 0.2) is 11.5 Å². The van der Waals surface area contributed by atoms with E-state index in [0.717, 1.165) is 5.75 Å². The van der Waals surface area contributed by atoms with Gasteiger partial charge >= 0.3 is 5.97 Å². The normalized spacial score (nSPS) is 10.0. The van der Waals surface area contributed by atoms with Gasteiger partial charge in [0.05, 0.1) is 6.61 Å². The second kappa shape index (κ2) is 7.19. The molecule has 0 radical (unpaired) electrons. The molecule has 2 rings (SSSR count). The third-order valence-electron chi connectivity index (χ3n) is 2.61. The molecule has 1 N–H and O–H groups in total. The standard InChI is InChI=1S/C16H16O4/c17-16(18)11-6-12-19-14-9-4-5-10-15(14)20-13-7-2-1-3-8-13/h1-5,7-10H,6,11-12H2,(H,17,18). The summed E-state index contributed by atoms with van der Waals surface area (Å²) in [5.74, 6) is 1.15. The van der Waals surface area contributed by atoms with Gasteiger partial charge in [-0.25, -0.2) is 0 Å². The molecule has 0 saturated carbocycles. The van der Waals surface area contributed by atoms with Gasteiger partial charge in [-0.15, -0.1) is 0 Å². The maximum atomic E-state index is 10.4. The van der Waals surface area contributed by atoms with E-state index in [1.165, 1.54) is 0 Å². The van der Waals surface area contributed by atoms with Crippen LogP contribution in [0.2, 0.25) is 0 Å². The monoisotopic (exact) mass is 272 g/mol. The lowest BCUT2D eigenvalue weighted by atomic mass is 10.3. The first-order valence-corrected chi connectivity index (χ1v) is 6.42. The first-order valence-electron chi connectivity index (χ1n) is 6.42. The molecule has 0 saturated heterocycles. The molecule has 0 heterocycles. The molecule has 0 bridgehead atoms. The zero-order valence-corrected chi connectivity index (χ0v) is 11.0. The van der Waals surface area contributed by atoms with Gasteiger partial charge in [-0.3, -0.25) is 4.79 Å². The van der Waals surface area contributed by atoms with Gasteiger partial charge in [-0.1, -0.05) is 30.3 Å². The lowest BCUT2D eigenvalue weighted by molar-refractivity contribution is -0.137. The van der Waals surface area contributed by atoms with Gasteiger partial charge in [0.2, 0.25) is 0 Å². The van der Waals surface area contributed by atoms with E-state index >= 15 is 0 Å². The minimum Gasteiger partial charge on any atom is -0.490 e. The highest BCUT2D eigenvalue weighted by Crippen LogP contribution is 2.31. The van der Waals surface area contributed by atoms with Crippen LogP contribution in [0.3, 0.4) is 0 Å². The quantitative estimate of drug-likeness (QED) is 0.780. The number of para-hydroxylation sites is 3. The Balaban J connectivity index is 1.97. The van der Waals surface area contributed by atoms with Crippen molar-refractivity contribution in [2.24, 2.45) is 0 Å². The average molecular weight is 272 g/mol. The van der Waals surface area contributed by atoms with Gasteiger partial charge in [0.25, 0.3) is 0 Å². The van der Waals surface area contributed by atoms with Crippen molar-refractivity contribution >= 4 is 5.97 Å². The summed E-state index contributed by atoms with van der Waals surface area (Å²) in [5.41, 5.74) is 0. The van der Waals surface area contributed by atoms with Crippen LogP contribution in [0.25, 0.3) is 0 Å². The molecule has 104 valence electrons. The van der Waals surface area contributed by atoms with Crippen molar-refractivity contribution in [1.29, 1.82) is 0 Å². The average Bonchev–Trinajstić information content (AvgIpc) is 2.46. The third-order valence-corrected chi connectivity index (χ3v) is 2.61. The fourth-order valence-electron chi connectivity index (χ4n) is 1.67. The van der Waals surface area contributed by atoms with E-state index in [-0.39, 0.29) is 6.42 Å². The van der Waals surface area contributed by atoms with E-state index in [1.807, 2.05) is 48.5 Å². The molecule has 0 spiro atoms. The molecule has 0 fully saturated rings. The molecule has 0 aliphatic rings. The summed E-state index contributed by atoms with van der Waals surface area (Å²) in [6, 6.07) is 16.8. The van der Waals surface area contributed by atoms with Gasteiger partial charge in [-0.2, -0.15) is 0 Å². The van der Waals surface area contributed by atoms with E-state index in [2.05, 4.69) is 0 Å². The lowest BCUT2D eigenvalue weighted by Gasteiger charge is -2.12. The molecule has 0 atom stereocenters. The van der Waals surface area contributed by atoms with Crippen LogP contribution >= 0.6 is 0 Å². The van der Waals surface area contributed by atoms with Gasteiger partial charge in [0, 0.05) is 6.42 Å². The Morgan fingerprint density at radius 3 is 2.30 bits per heavy atom. The highest BCUT2D eigenvalue weighted by molar-refractivity contribution is 5.66. The fraction of sp³-hybridized carbons (Fsp3) is 0.188. The van der Waals surface area contributed by atoms with Crippen molar-refractivity contribution in [3.63, 3.8) is 0 Å². The van der Waals surface area contributed by atoms with Crippen molar-refractivity contribution in [2.45, 2.75) is 12.8 Å². The lowest BCUT2D eigenvalue weighted by Crippen LogP contribution is -2.02. The van der Waals surface area contributed by atoms with E-state index in [4.69, 9.17) is 14.6 Å². The van der Waals surface area contributed by atoms with Crippen molar-refractivity contribution < 1.29 is 19.4 Å². The predicted octanol–water partition coefficient (Wildman–Crippen LogP) is 3.72. The van der Waals surface area contributed by atoms with E-state index in [9.17, 15) is 4.79 Å². The van der Waals surface area contributed by atoms with Crippen molar-refractivity contribution in [3.05, 3.63) is 54.6 Å². The highest BCUT2D eigenvalue weighted by atomic mass is 16.5. The number of rotatable bonds is 7. The largest absolute Gasteiger partial charge is 0.490 e. The van der Waals surface area contributed by atoms with Crippen molar-refractivity contribution in [2.75, 3.05) is 6.61 Å². The number of hydrogen-bond donors (Lipinski definition) is 1. The Morgan fingerprint density at radius 2 is 1.60 bits per heavy atom. The second-order valence-corrected chi connectivity index (χ2v) is 4.21. The minimum absolute atomic E-state index is 0.0989. The molecule has 0 aromatic heterocycles. The summed E-state index contributed by atoms with van der Waals surface area (Å²) < 4.78 is 11.3. The van der Waals surface area contributed by atoms with E-state index in [1.54, 1.807) is 6.07 Å². The predicted molar refractivity (Wildman–Crippen MR) is 75.3 cm³/mol. The Labute approximate surface area is 117 Å². The number of carboxylic acids is 1. The zero-order chi connectivity index (χ0) is 14.2. The zero-order valence-electron chi connectivity index (χ0n) is 11.0. The van der Waals surface area contributed by atoms with Crippen LogP contribution in [0.1, 0.15) is 12.8 Å².